The molecule has 0 spiro atoms. The second-order valence-electron chi connectivity index (χ2n) is 4.82. The summed E-state index contributed by atoms with van der Waals surface area (Å²) in [6.07, 6.45) is 1.76. The number of benzene rings is 1. The molecule has 1 aromatic carbocycles. The van der Waals surface area contributed by atoms with Crippen molar-refractivity contribution in [2.24, 2.45) is 0 Å². The first-order chi connectivity index (χ1) is 9.03. The molecule has 0 saturated carbocycles. The van der Waals surface area contributed by atoms with Gasteiger partial charge in [0, 0.05) is 23.8 Å². The fourth-order valence-electron chi connectivity index (χ4n) is 2.39. The number of nitrogens with two attached hydrogens (primary N) is 1. The molecule has 0 aliphatic rings. The van der Waals surface area contributed by atoms with E-state index in [1.807, 2.05) is 19.1 Å². The number of amides is 1. The highest BCUT2D eigenvalue weighted by Crippen LogP contribution is 2.17. The topological polar surface area (TPSA) is 66.6 Å². The van der Waals surface area contributed by atoms with E-state index >= 15 is 0 Å². The Bertz CT molecular complexity index is 408. The van der Waals surface area contributed by atoms with Crippen LogP contribution in [-0.4, -0.2) is 35.1 Å². The Kier molecular flexibility index (Phi) is 5.83. The Hall–Kier alpha value is -1.55. The Morgan fingerprint density at radius 1 is 1.32 bits per heavy atom. The van der Waals surface area contributed by atoms with Gasteiger partial charge in [0.05, 0.1) is 6.61 Å². The van der Waals surface area contributed by atoms with Crippen LogP contribution in [-0.2, 0) is 0 Å². The lowest BCUT2D eigenvalue weighted by Crippen LogP contribution is -2.41. The average molecular weight is 264 g/mol. The Morgan fingerprint density at radius 2 is 1.95 bits per heavy atom. The van der Waals surface area contributed by atoms with E-state index in [1.165, 1.54) is 0 Å². The van der Waals surface area contributed by atoms with Crippen LogP contribution in [0.3, 0.4) is 0 Å². The molecule has 0 aliphatic carbocycles. The van der Waals surface area contributed by atoms with E-state index in [2.05, 4.69) is 13.8 Å². The maximum atomic E-state index is 12.6. The maximum Gasteiger partial charge on any atom is 0.254 e. The predicted octanol–water partition coefficient (Wildman–Crippen LogP) is 2.20. The van der Waals surface area contributed by atoms with Crippen LogP contribution in [0.1, 0.15) is 42.6 Å². The van der Waals surface area contributed by atoms with E-state index in [-0.39, 0.29) is 18.6 Å². The molecule has 0 fully saturated rings. The van der Waals surface area contributed by atoms with Crippen molar-refractivity contribution in [1.82, 2.24) is 4.90 Å². The molecule has 0 aliphatic heterocycles. The first kappa shape index (κ1) is 15.5. The molecule has 19 heavy (non-hydrogen) atoms. The van der Waals surface area contributed by atoms with Crippen LogP contribution in [0.15, 0.2) is 18.2 Å². The molecule has 0 atom stereocenters. The summed E-state index contributed by atoms with van der Waals surface area (Å²) in [6.45, 7) is 6.36. The molecule has 0 heterocycles. The van der Waals surface area contributed by atoms with Gasteiger partial charge in [0.15, 0.2) is 0 Å². The molecule has 0 radical (unpaired) electrons. The number of aliphatic hydroxyl groups excluding tert-OH is 1. The summed E-state index contributed by atoms with van der Waals surface area (Å²) in [6, 6.07) is 5.53. The van der Waals surface area contributed by atoms with Crippen LogP contribution >= 0.6 is 0 Å². The van der Waals surface area contributed by atoms with E-state index < -0.39 is 0 Å². The molecule has 1 amide bonds. The third-order valence-electron chi connectivity index (χ3n) is 3.33. The fraction of sp³-hybridized carbons (Fsp3) is 0.533. The van der Waals surface area contributed by atoms with Gasteiger partial charge in [-0.25, -0.2) is 0 Å². The molecular formula is C15H24N2O2. The zero-order valence-electron chi connectivity index (χ0n) is 12.0. The molecule has 1 aromatic rings. The molecule has 4 heteroatoms. The quantitative estimate of drug-likeness (QED) is 0.774. The summed E-state index contributed by atoms with van der Waals surface area (Å²) in [5.41, 5.74) is 7.95. The predicted molar refractivity (Wildman–Crippen MR) is 78.1 cm³/mol. The van der Waals surface area contributed by atoms with Crippen molar-refractivity contribution >= 4 is 11.6 Å². The van der Waals surface area contributed by atoms with Crippen LogP contribution in [0.25, 0.3) is 0 Å². The van der Waals surface area contributed by atoms with Crippen molar-refractivity contribution in [2.45, 2.75) is 39.7 Å². The van der Waals surface area contributed by atoms with Gasteiger partial charge in [-0.3, -0.25) is 4.79 Å². The standard InChI is InChI=1S/C15H24N2O2/c1-4-14(5-2)17(6-7-18)15(19)12-8-11(3)9-13(16)10-12/h8-10,14,18H,4-7,16H2,1-3H3. The second-order valence-corrected chi connectivity index (χ2v) is 4.82. The molecule has 0 unspecified atom stereocenters. The third-order valence-corrected chi connectivity index (χ3v) is 3.33. The molecule has 4 nitrogen and oxygen atoms in total. The normalized spacial score (nSPS) is 10.8. The number of anilines is 1. The van der Waals surface area contributed by atoms with Crippen LogP contribution in [0.5, 0.6) is 0 Å². The molecule has 0 saturated heterocycles. The number of aryl methyl sites for hydroxylation is 1. The Balaban J connectivity index is 3.04. The van der Waals surface area contributed by atoms with E-state index in [4.69, 9.17) is 10.8 Å². The minimum absolute atomic E-state index is 0.0243. The number of hydrogen-bond donors (Lipinski definition) is 2. The number of aliphatic hydroxyl groups is 1. The van der Waals surface area contributed by atoms with Crippen molar-refractivity contribution in [2.75, 3.05) is 18.9 Å². The van der Waals surface area contributed by atoms with E-state index in [0.29, 0.717) is 17.8 Å². The molecular weight excluding hydrogens is 240 g/mol. The Labute approximate surface area is 115 Å². The first-order valence-electron chi connectivity index (χ1n) is 6.82. The lowest BCUT2D eigenvalue weighted by atomic mass is 10.1. The van der Waals surface area contributed by atoms with Crippen molar-refractivity contribution in [3.63, 3.8) is 0 Å². The van der Waals surface area contributed by atoms with E-state index in [0.717, 1.165) is 18.4 Å². The lowest BCUT2D eigenvalue weighted by Gasteiger charge is -2.30. The van der Waals surface area contributed by atoms with Crippen molar-refractivity contribution in [3.8, 4) is 0 Å². The summed E-state index contributed by atoms with van der Waals surface area (Å²) in [4.78, 5) is 14.3. The van der Waals surface area contributed by atoms with Crippen LogP contribution in [0, 0.1) is 6.92 Å². The van der Waals surface area contributed by atoms with Gasteiger partial charge in [-0.05, 0) is 43.5 Å². The SMILES string of the molecule is CCC(CC)N(CCO)C(=O)c1cc(C)cc(N)c1. The zero-order chi connectivity index (χ0) is 14.4. The highest BCUT2D eigenvalue weighted by atomic mass is 16.3. The highest BCUT2D eigenvalue weighted by Gasteiger charge is 2.22. The second kappa shape index (κ2) is 7.14. The van der Waals surface area contributed by atoms with Crippen molar-refractivity contribution < 1.29 is 9.90 Å². The van der Waals surface area contributed by atoms with Gasteiger partial charge in [0.25, 0.3) is 5.91 Å². The smallest absolute Gasteiger partial charge is 0.254 e. The number of carbonyl (C=O) groups excluding carboxylic acids is 1. The van der Waals surface area contributed by atoms with Gasteiger partial charge in [0.2, 0.25) is 0 Å². The Morgan fingerprint density at radius 3 is 2.42 bits per heavy atom. The summed E-state index contributed by atoms with van der Waals surface area (Å²) in [5.74, 6) is -0.0573. The van der Waals surface area contributed by atoms with Gasteiger partial charge in [-0.1, -0.05) is 13.8 Å². The minimum atomic E-state index is -0.0573. The molecule has 106 valence electrons. The number of hydrogen-bond acceptors (Lipinski definition) is 3. The monoisotopic (exact) mass is 264 g/mol. The molecule has 3 N–H and O–H groups in total. The highest BCUT2D eigenvalue weighted by molar-refractivity contribution is 5.95. The maximum absolute atomic E-state index is 12.6. The number of rotatable bonds is 6. The summed E-state index contributed by atoms with van der Waals surface area (Å²) < 4.78 is 0. The van der Waals surface area contributed by atoms with Gasteiger partial charge >= 0.3 is 0 Å². The number of nitrogens with zero attached hydrogens (tertiary/aromatic N) is 1. The molecule has 0 aromatic heterocycles. The van der Waals surface area contributed by atoms with Crippen molar-refractivity contribution in [3.05, 3.63) is 29.3 Å². The molecule has 1 rings (SSSR count). The van der Waals surface area contributed by atoms with Gasteiger partial charge in [-0.15, -0.1) is 0 Å². The largest absolute Gasteiger partial charge is 0.399 e. The zero-order valence-corrected chi connectivity index (χ0v) is 12.0. The summed E-state index contributed by atoms with van der Waals surface area (Å²) in [7, 11) is 0. The summed E-state index contributed by atoms with van der Waals surface area (Å²) in [5, 5.41) is 9.16. The minimum Gasteiger partial charge on any atom is -0.399 e. The summed E-state index contributed by atoms with van der Waals surface area (Å²) >= 11 is 0. The number of nitrogen functional groups attached to an aromatic ring is 1. The third kappa shape index (κ3) is 3.96. The van der Waals surface area contributed by atoms with Crippen LogP contribution in [0.4, 0.5) is 5.69 Å². The lowest BCUT2D eigenvalue weighted by molar-refractivity contribution is 0.0622. The van der Waals surface area contributed by atoms with Gasteiger partial charge in [0.1, 0.15) is 0 Å². The van der Waals surface area contributed by atoms with Gasteiger partial charge < -0.3 is 15.7 Å². The van der Waals surface area contributed by atoms with Crippen LogP contribution < -0.4 is 5.73 Å². The molecule has 0 bridgehead atoms. The van der Waals surface area contributed by atoms with E-state index in [9.17, 15) is 4.79 Å². The fourth-order valence-corrected chi connectivity index (χ4v) is 2.39. The number of carbonyl (C=O) groups is 1. The van der Waals surface area contributed by atoms with Gasteiger partial charge in [-0.2, -0.15) is 0 Å². The van der Waals surface area contributed by atoms with Crippen LogP contribution in [0.2, 0.25) is 0 Å². The van der Waals surface area contributed by atoms with Crippen molar-refractivity contribution in [1.29, 1.82) is 0 Å². The van der Waals surface area contributed by atoms with E-state index in [1.54, 1.807) is 11.0 Å². The first-order valence-corrected chi connectivity index (χ1v) is 6.82. The average Bonchev–Trinajstić information content (AvgIpc) is 2.37.